The lowest BCUT2D eigenvalue weighted by Crippen LogP contribution is -2.21. The van der Waals surface area contributed by atoms with Crippen molar-refractivity contribution in [1.29, 1.82) is 0 Å². The maximum Gasteiger partial charge on any atom is 0.200 e. The van der Waals surface area contributed by atoms with Crippen LogP contribution in [0.4, 0.5) is 20.2 Å². The van der Waals surface area contributed by atoms with Crippen LogP contribution in [0.5, 0.6) is 0 Å². The van der Waals surface area contributed by atoms with E-state index >= 15 is 0 Å². The van der Waals surface area contributed by atoms with Crippen LogP contribution in [0.2, 0.25) is 0 Å². The van der Waals surface area contributed by atoms with Gasteiger partial charge in [-0.15, -0.1) is 0 Å². The molecule has 0 radical (unpaired) electrons. The number of rotatable bonds is 7. The second kappa shape index (κ2) is 9.56. The number of thioether (sulfide) groups is 1. The molecule has 0 aromatic heterocycles. The first-order valence-electron chi connectivity index (χ1n) is 10.1. The number of para-hydroxylation sites is 2. The number of benzene rings is 3. The van der Waals surface area contributed by atoms with Gasteiger partial charge >= 0.3 is 0 Å². The molecule has 33 heavy (non-hydrogen) atoms. The number of anilines is 2. The van der Waals surface area contributed by atoms with Gasteiger partial charge in [-0.05, 0) is 42.2 Å². The third-order valence-electron chi connectivity index (χ3n) is 5.13. The second-order valence-corrected chi connectivity index (χ2v) is 8.37. The molecule has 1 aliphatic heterocycles. The Morgan fingerprint density at radius 2 is 1.48 bits per heavy atom. The van der Waals surface area contributed by atoms with E-state index in [1.807, 2.05) is 6.26 Å². The number of hydrogen-bond donors (Lipinski definition) is 3. The number of carbonyl (C=O) groups excluding carboxylic acids is 2. The van der Waals surface area contributed by atoms with Crippen LogP contribution in [0.25, 0.3) is 0 Å². The zero-order valence-electron chi connectivity index (χ0n) is 17.6. The minimum absolute atomic E-state index is 0.117. The standard InChI is InChI=1S/C25H20F2N2O3S/c1-33-13-21(30)14-5-4-6-15(9-14)23(31)22(24(32)16-10-17(26)12-18(27)11-16)25-28-19-7-2-3-8-20(19)29-25/h2-12,21,28-30H,13H2,1H3. The molecule has 168 valence electrons. The number of halogens is 2. The van der Waals surface area contributed by atoms with E-state index in [1.165, 1.54) is 23.9 Å². The summed E-state index contributed by atoms with van der Waals surface area (Å²) in [5.41, 5.74) is 1.41. The van der Waals surface area contributed by atoms with Crippen molar-refractivity contribution in [3.63, 3.8) is 0 Å². The summed E-state index contributed by atoms with van der Waals surface area (Å²) in [6.45, 7) is 0. The highest BCUT2D eigenvalue weighted by atomic mass is 32.2. The third kappa shape index (κ3) is 4.81. The predicted octanol–water partition coefficient (Wildman–Crippen LogP) is 5.18. The summed E-state index contributed by atoms with van der Waals surface area (Å²) in [7, 11) is 0. The van der Waals surface area contributed by atoms with E-state index in [0.717, 1.165) is 12.1 Å². The second-order valence-electron chi connectivity index (χ2n) is 7.46. The molecule has 0 saturated carbocycles. The molecular weight excluding hydrogens is 446 g/mol. The Labute approximate surface area is 193 Å². The van der Waals surface area contributed by atoms with Gasteiger partial charge in [0.2, 0.25) is 11.6 Å². The Bertz CT molecular complexity index is 1230. The van der Waals surface area contributed by atoms with Crippen molar-refractivity contribution < 1.29 is 23.5 Å². The Hall–Kier alpha value is -3.49. The first-order valence-corrected chi connectivity index (χ1v) is 11.5. The van der Waals surface area contributed by atoms with Crippen LogP contribution in [-0.4, -0.2) is 28.7 Å². The zero-order valence-corrected chi connectivity index (χ0v) is 18.4. The van der Waals surface area contributed by atoms with Crippen molar-refractivity contribution in [1.82, 2.24) is 0 Å². The molecule has 4 rings (SSSR count). The fourth-order valence-corrected chi connectivity index (χ4v) is 4.08. The number of carbonyl (C=O) groups is 2. The van der Waals surface area contributed by atoms with Crippen molar-refractivity contribution in [3.8, 4) is 0 Å². The van der Waals surface area contributed by atoms with Gasteiger partial charge in [0.15, 0.2) is 0 Å². The van der Waals surface area contributed by atoms with Gasteiger partial charge in [0.1, 0.15) is 23.0 Å². The van der Waals surface area contributed by atoms with Gasteiger partial charge in [-0.3, -0.25) is 9.59 Å². The Kier molecular flexibility index (Phi) is 6.57. The molecule has 0 saturated heterocycles. The van der Waals surface area contributed by atoms with Crippen molar-refractivity contribution in [3.05, 3.63) is 106 Å². The van der Waals surface area contributed by atoms with E-state index < -0.39 is 29.3 Å². The van der Waals surface area contributed by atoms with Gasteiger partial charge in [-0.2, -0.15) is 11.8 Å². The molecule has 8 heteroatoms. The lowest BCUT2D eigenvalue weighted by molar-refractivity contribution is 0.0960. The van der Waals surface area contributed by atoms with Crippen LogP contribution in [0.15, 0.2) is 78.1 Å². The number of hydrogen-bond acceptors (Lipinski definition) is 6. The minimum atomic E-state index is -0.923. The molecule has 0 bridgehead atoms. The Balaban J connectivity index is 1.80. The van der Waals surface area contributed by atoms with Crippen molar-refractivity contribution >= 4 is 34.7 Å². The Morgan fingerprint density at radius 3 is 2.09 bits per heavy atom. The molecule has 1 atom stereocenters. The fraction of sp³-hybridized carbons (Fsp3) is 0.120. The van der Waals surface area contributed by atoms with Gasteiger partial charge in [-0.1, -0.05) is 30.3 Å². The lowest BCUT2D eigenvalue weighted by atomic mass is 9.94. The van der Waals surface area contributed by atoms with E-state index in [1.54, 1.807) is 36.4 Å². The highest BCUT2D eigenvalue weighted by molar-refractivity contribution is 7.98. The number of ketones is 2. The van der Waals surface area contributed by atoms with Gasteiger partial charge in [0.05, 0.1) is 17.5 Å². The van der Waals surface area contributed by atoms with Gasteiger partial charge in [0, 0.05) is 22.9 Å². The number of Topliss-reactive ketones (excluding diaryl/α,β-unsaturated/α-hetero) is 2. The lowest BCUT2D eigenvalue weighted by Gasteiger charge is -2.14. The summed E-state index contributed by atoms with van der Waals surface area (Å²) >= 11 is 1.45. The smallest absolute Gasteiger partial charge is 0.200 e. The molecule has 5 nitrogen and oxygen atoms in total. The molecule has 3 N–H and O–H groups in total. The van der Waals surface area contributed by atoms with Crippen LogP contribution in [0.3, 0.4) is 0 Å². The first-order chi connectivity index (χ1) is 15.9. The molecule has 0 spiro atoms. The highest BCUT2D eigenvalue weighted by Crippen LogP contribution is 2.33. The Morgan fingerprint density at radius 1 is 0.879 bits per heavy atom. The van der Waals surface area contributed by atoms with E-state index in [-0.39, 0.29) is 22.5 Å². The average molecular weight is 467 g/mol. The number of allylic oxidation sites excluding steroid dienone is 1. The maximum atomic E-state index is 13.8. The van der Waals surface area contributed by atoms with Crippen LogP contribution in [0.1, 0.15) is 32.4 Å². The van der Waals surface area contributed by atoms with Crippen molar-refractivity contribution in [2.75, 3.05) is 22.6 Å². The van der Waals surface area contributed by atoms with Crippen LogP contribution >= 0.6 is 11.8 Å². The number of aliphatic hydroxyl groups is 1. The van der Waals surface area contributed by atoms with Gasteiger partial charge in [0.25, 0.3) is 0 Å². The maximum absolute atomic E-state index is 13.8. The van der Waals surface area contributed by atoms with Gasteiger partial charge < -0.3 is 15.7 Å². The highest BCUT2D eigenvalue weighted by Gasteiger charge is 2.30. The van der Waals surface area contributed by atoms with Crippen molar-refractivity contribution in [2.24, 2.45) is 0 Å². The summed E-state index contributed by atoms with van der Waals surface area (Å²) < 4.78 is 27.7. The molecule has 0 amide bonds. The molecule has 0 aliphatic carbocycles. The average Bonchev–Trinajstić information content (AvgIpc) is 3.22. The summed E-state index contributed by atoms with van der Waals surface area (Å²) in [4.78, 5) is 26.9. The molecule has 1 unspecified atom stereocenters. The minimum Gasteiger partial charge on any atom is -0.388 e. The largest absolute Gasteiger partial charge is 0.388 e. The van der Waals surface area contributed by atoms with E-state index in [9.17, 15) is 23.5 Å². The van der Waals surface area contributed by atoms with E-state index in [4.69, 9.17) is 0 Å². The van der Waals surface area contributed by atoms with E-state index in [0.29, 0.717) is 28.8 Å². The summed E-state index contributed by atoms with van der Waals surface area (Å²) in [6, 6.07) is 15.9. The normalized spacial score (nSPS) is 13.0. The molecular formula is C25H20F2N2O3S. The van der Waals surface area contributed by atoms with Crippen LogP contribution in [0, 0.1) is 11.6 Å². The van der Waals surface area contributed by atoms with Crippen LogP contribution < -0.4 is 10.6 Å². The summed E-state index contributed by atoms with van der Waals surface area (Å²) in [6.07, 6.45) is 1.07. The molecule has 1 heterocycles. The number of aliphatic hydroxyl groups excluding tert-OH is 1. The molecule has 3 aromatic rings. The van der Waals surface area contributed by atoms with Gasteiger partial charge in [-0.25, -0.2) is 8.78 Å². The number of nitrogens with one attached hydrogen (secondary N) is 2. The molecule has 3 aromatic carbocycles. The first kappa shape index (κ1) is 22.7. The monoisotopic (exact) mass is 466 g/mol. The van der Waals surface area contributed by atoms with Crippen molar-refractivity contribution in [2.45, 2.75) is 6.10 Å². The van der Waals surface area contributed by atoms with E-state index in [2.05, 4.69) is 10.6 Å². The third-order valence-corrected chi connectivity index (χ3v) is 5.78. The zero-order chi connectivity index (χ0) is 23.5. The van der Waals surface area contributed by atoms with Crippen LogP contribution in [-0.2, 0) is 0 Å². The SMILES string of the molecule is CSCC(O)c1cccc(C(=O)C(C(=O)c2cc(F)cc(F)c2)=C2Nc3ccccc3N2)c1. The predicted molar refractivity (Wildman–Crippen MR) is 126 cm³/mol. The summed E-state index contributed by atoms with van der Waals surface area (Å²) in [5, 5.41) is 16.3. The molecule has 1 aliphatic rings. The fourth-order valence-electron chi connectivity index (χ4n) is 3.57. The quantitative estimate of drug-likeness (QED) is 0.193. The summed E-state index contributed by atoms with van der Waals surface area (Å²) in [5.74, 6) is -2.78. The topological polar surface area (TPSA) is 78.4 Å². The molecule has 0 fully saturated rings. The number of fused-ring (bicyclic) bond motifs is 1.